The first-order valence-electron chi connectivity index (χ1n) is 8.48. The lowest BCUT2D eigenvalue weighted by Crippen LogP contribution is -2.19. The molecule has 0 aliphatic carbocycles. The van der Waals surface area contributed by atoms with Gasteiger partial charge in [-0.25, -0.2) is 4.52 Å². The fourth-order valence-corrected chi connectivity index (χ4v) is 3.09. The molecule has 4 rings (SSSR count). The van der Waals surface area contributed by atoms with Crippen LogP contribution in [-0.4, -0.2) is 25.8 Å². The molecule has 4 aromatic rings. The summed E-state index contributed by atoms with van der Waals surface area (Å²) >= 11 is 0. The van der Waals surface area contributed by atoms with Crippen molar-refractivity contribution in [1.29, 1.82) is 0 Å². The molecule has 6 nitrogen and oxygen atoms in total. The molecule has 0 fully saturated rings. The second-order valence-electron chi connectivity index (χ2n) is 6.20. The van der Waals surface area contributed by atoms with Gasteiger partial charge < -0.3 is 4.74 Å². The molecule has 0 N–H and O–H groups in total. The van der Waals surface area contributed by atoms with Gasteiger partial charge in [0.1, 0.15) is 17.1 Å². The second kappa shape index (κ2) is 6.36. The van der Waals surface area contributed by atoms with Crippen LogP contribution in [0.2, 0.25) is 0 Å². The molecular weight excluding hydrogens is 373 g/mol. The Morgan fingerprint density at radius 3 is 2.64 bits per heavy atom. The van der Waals surface area contributed by atoms with Gasteiger partial charge in [-0.05, 0) is 37.3 Å². The van der Waals surface area contributed by atoms with Gasteiger partial charge in [-0.1, -0.05) is 0 Å². The van der Waals surface area contributed by atoms with E-state index in [0.717, 1.165) is 12.3 Å². The van der Waals surface area contributed by atoms with Crippen LogP contribution >= 0.6 is 0 Å². The van der Waals surface area contributed by atoms with Gasteiger partial charge >= 0.3 is 6.18 Å². The molecule has 0 aliphatic heterocycles. The number of nitrogens with zero attached hydrogens (tertiary/aromatic N) is 4. The minimum Gasteiger partial charge on any atom is -0.494 e. The van der Waals surface area contributed by atoms with Crippen LogP contribution in [0.4, 0.5) is 13.2 Å². The normalized spacial score (nSPS) is 12.0. The van der Waals surface area contributed by atoms with Gasteiger partial charge in [0.05, 0.1) is 23.2 Å². The number of alkyl halides is 3. The molecule has 0 saturated carbocycles. The number of ether oxygens (including phenoxy) is 1. The molecule has 0 atom stereocenters. The summed E-state index contributed by atoms with van der Waals surface area (Å²) in [6.45, 7) is 2.30. The predicted molar refractivity (Wildman–Crippen MR) is 97.3 cm³/mol. The third-order valence-corrected chi connectivity index (χ3v) is 4.42. The zero-order chi connectivity index (χ0) is 20.1. The van der Waals surface area contributed by atoms with Crippen molar-refractivity contribution >= 4 is 16.6 Å². The molecule has 0 saturated heterocycles. The Morgan fingerprint density at radius 1 is 1.14 bits per heavy atom. The first kappa shape index (κ1) is 18.0. The topological polar surface area (TPSA) is 61.4 Å². The number of rotatable bonds is 3. The van der Waals surface area contributed by atoms with Crippen molar-refractivity contribution in [2.24, 2.45) is 7.05 Å². The van der Waals surface area contributed by atoms with Crippen molar-refractivity contribution < 1.29 is 17.9 Å². The summed E-state index contributed by atoms with van der Waals surface area (Å²) in [5, 5.41) is 4.84. The first-order valence-corrected chi connectivity index (χ1v) is 8.48. The van der Waals surface area contributed by atoms with Gasteiger partial charge in [-0.15, -0.1) is 0 Å². The lowest BCUT2D eigenvalue weighted by Gasteiger charge is -2.08. The number of aromatic nitrogens is 4. The molecular formula is C19H15F3N4O2. The van der Waals surface area contributed by atoms with E-state index in [0.29, 0.717) is 34.6 Å². The lowest BCUT2D eigenvalue weighted by molar-refractivity contribution is -0.141. The summed E-state index contributed by atoms with van der Waals surface area (Å²) in [5.74, 6) is 0.558. The van der Waals surface area contributed by atoms with Crippen molar-refractivity contribution in [3.63, 3.8) is 0 Å². The van der Waals surface area contributed by atoms with Crippen molar-refractivity contribution in [1.82, 2.24) is 19.2 Å². The van der Waals surface area contributed by atoms with Gasteiger partial charge in [0, 0.05) is 24.9 Å². The maximum Gasteiger partial charge on any atom is 0.433 e. The molecule has 1 aromatic carbocycles. The Morgan fingerprint density at radius 2 is 1.93 bits per heavy atom. The highest BCUT2D eigenvalue weighted by Crippen LogP contribution is 2.30. The van der Waals surface area contributed by atoms with Crippen molar-refractivity contribution in [3.05, 3.63) is 58.6 Å². The SMILES string of the molecule is CCOc1ccc2c(c1)c(=O)n(C)c1cc(-c3ccnc(C(F)(F)F)c3)nn21. The Balaban J connectivity index is 1.96. The van der Waals surface area contributed by atoms with Crippen LogP contribution in [0.5, 0.6) is 5.75 Å². The van der Waals surface area contributed by atoms with Crippen LogP contribution < -0.4 is 10.3 Å². The molecule has 0 unspecified atom stereocenters. The van der Waals surface area contributed by atoms with Crippen molar-refractivity contribution in [3.8, 4) is 17.0 Å². The number of fused-ring (bicyclic) bond motifs is 3. The number of pyridine rings is 1. The Labute approximate surface area is 156 Å². The van der Waals surface area contributed by atoms with Gasteiger partial charge in [0.2, 0.25) is 0 Å². The maximum absolute atomic E-state index is 13.0. The highest BCUT2D eigenvalue weighted by atomic mass is 19.4. The minimum atomic E-state index is -4.55. The number of hydrogen-bond acceptors (Lipinski definition) is 4. The molecule has 0 spiro atoms. The molecule has 0 aliphatic rings. The van der Waals surface area contributed by atoms with Gasteiger partial charge in [-0.3, -0.25) is 14.3 Å². The molecule has 144 valence electrons. The van der Waals surface area contributed by atoms with Gasteiger partial charge in [0.25, 0.3) is 5.56 Å². The van der Waals surface area contributed by atoms with Crippen LogP contribution in [-0.2, 0) is 13.2 Å². The molecule has 3 heterocycles. The van der Waals surface area contributed by atoms with E-state index in [9.17, 15) is 18.0 Å². The minimum absolute atomic E-state index is 0.249. The van der Waals surface area contributed by atoms with E-state index >= 15 is 0 Å². The summed E-state index contributed by atoms with van der Waals surface area (Å²) in [6, 6.07) is 9.03. The zero-order valence-corrected chi connectivity index (χ0v) is 15.0. The Bertz CT molecular complexity index is 1260. The third kappa shape index (κ3) is 2.88. The highest BCUT2D eigenvalue weighted by molar-refractivity contribution is 5.83. The summed E-state index contributed by atoms with van der Waals surface area (Å²) in [7, 11) is 1.59. The van der Waals surface area contributed by atoms with E-state index in [1.54, 1.807) is 31.3 Å². The standard InChI is InChI=1S/C19H15F3N4O2/c1-3-28-12-4-5-15-13(9-12)18(27)25(2)17-10-14(24-26(15)17)11-6-7-23-16(8-11)19(20,21)22/h4-10H,3H2,1-2H3. The summed E-state index contributed by atoms with van der Waals surface area (Å²) in [6.07, 6.45) is -3.46. The second-order valence-corrected chi connectivity index (χ2v) is 6.20. The number of halogens is 3. The molecule has 0 bridgehead atoms. The number of aryl methyl sites for hydroxylation is 1. The quantitative estimate of drug-likeness (QED) is 0.537. The largest absolute Gasteiger partial charge is 0.494 e. The molecule has 0 amide bonds. The molecule has 9 heteroatoms. The average Bonchev–Trinajstić information content (AvgIpc) is 3.11. The fourth-order valence-electron chi connectivity index (χ4n) is 3.09. The summed E-state index contributed by atoms with van der Waals surface area (Å²) in [5.41, 5.74) is 0.324. The fraction of sp³-hybridized carbons (Fsp3) is 0.211. The summed E-state index contributed by atoms with van der Waals surface area (Å²) < 4.78 is 47.3. The van der Waals surface area contributed by atoms with E-state index in [1.165, 1.54) is 15.1 Å². The summed E-state index contributed by atoms with van der Waals surface area (Å²) in [4.78, 5) is 16.1. The highest BCUT2D eigenvalue weighted by Gasteiger charge is 2.32. The van der Waals surface area contributed by atoms with E-state index in [4.69, 9.17) is 4.74 Å². The Hall–Kier alpha value is -3.36. The van der Waals surface area contributed by atoms with Crippen LogP contribution in [0.15, 0.2) is 47.4 Å². The molecule has 0 radical (unpaired) electrons. The van der Waals surface area contributed by atoms with Crippen LogP contribution in [0, 0.1) is 0 Å². The maximum atomic E-state index is 13.0. The van der Waals surface area contributed by atoms with Crippen molar-refractivity contribution in [2.75, 3.05) is 6.61 Å². The van der Waals surface area contributed by atoms with E-state index in [1.807, 2.05) is 6.92 Å². The van der Waals surface area contributed by atoms with Crippen LogP contribution in [0.1, 0.15) is 12.6 Å². The number of benzene rings is 1. The third-order valence-electron chi connectivity index (χ3n) is 4.42. The van der Waals surface area contributed by atoms with Crippen LogP contribution in [0.3, 0.4) is 0 Å². The first-order chi connectivity index (χ1) is 13.3. The van der Waals surface area contributed by atoms with Gasteiger partial charge in [0.15, 0.2) is 0 Å². The van der Waals surface area contributed by atoms with E-state index in [-0.39, 0.29) is 11.1 Å². The number of hydrogen-bond donors (Lipinski definition) is 0. The van der Waals surface area contributed by atoms with E-state index < -0.39 is 11.9 Å². The molecule has 3 aromatic heterocycles. The lowest BCUT2D eigenvalue weighted by atomic mass is 10.1. The Kier molecular flexibility index (Phi) is 4.10. The van der Waals surface area contributed by atoms with E-state index in [2.05, 4.69) is 10.1 Å². The zero-order valence-electron chi connectivity index (χ0n) is 15.0. The van der Waals surface area contributed by atoms with Crippen molar-refractivity contribution in [2.45, 2.75) is 13.1 Å². The smallest absolute Gasteiger partial charge is 0.433 e. The van der Waals surface area contributed by atoms with Crippen LogP contribution in [0.25, 0.3) is 27.8 Å². The average molecular weight is 388 g/mol. The monoisotopic (exact) mass is 388 g/mol. The molecule has 28 heavy (non-hydrogen) atoms. The van der Waals surface area contributed by atoms with Gasteiger partial charge in [-0.2, -0.15) is 18.3 Å². The predicted octanol–water partition coefficient (Wildman–Crippen LogP) is 3.67.